The third-order valence-electron chi connectivity index (χ3n) is 7.58. The van der Waals surface area contributed by atoms with Crippen molar-refractivity contribution in [2.75, 3.05) is 10.2 Å². The second-order valence-corrected chi connectivity index (χ2v) is 9.30. The number of anilines is 2. The zero-order chi connectivity index (χ0) is 22.1. The predicted molar refractivity (Wildman–Crippen MR) is 118 cm³/mol. The molecule has 0 aromatic heterocycles. The molecule has 1 saturated heterocycles. The molecule has 32 heavy (non-hydrogen) atoms. The Bertz CT molecular complexity index is 1180. The summed E-state index contributed by atoms with van der Waals surface area (Å²) in [5.41, 5.74) is 1.97. The summed E-state index contributed by atoms with van der Waals surface area (Å²) in [7, 11) is 0. The molecule has 1 heterocycles. The quantitative estimate of drug-likeness (QED) is 0.459. The molecule has 6 nitrogen and oxygen atoms in total. The minimum atomic E-state index is -0.327. The first-order valence-corrected chi connectivity index (χ1v) is 11.0. The van der Waals surface area contributed by atoms with Crippen molar-refractivity contribution in [3.05, 3.63) is 71.8 Å². The fraction of sp³-hybridized carbons (Fsp3) is 0.308. The molecule has 6 heteroatoms. The van der Waals surface area contributed by atoms with Crippen molar-refractivity contribution in [3.8, 4) is 0 Å². The van der Waals surface area contributed by atoms with Crippen LogP contribution < -0.4 is 10.2 Å². The van der Waals surface area contributed by atoms with E-state index in [0.29, 0.717) is 34.3 Å². The minimum absolute atomic E-state index is 0.0769. The Kier molecular flexibility index (Phi) is 4.03. The van der Waals surface area contributed by atoms with Gasteiger partial charge in [-0.1, -0.05) is 24.3 Å². The number of allylic oxidation sites excluding steroid dienone is 2. The highest BCUT2D eigenvalue weighted by Gasteiger charge is 2.67. The van der Waals surface area contributed by atoms with Crippen molar-refractivity contribution in [1.29, 1.82) is 0 Å². The number of hydrogen-bond donors (Lipinski definition) is 1. The van der Waals surface area contributed by atoms with Crippen LogP contribution in [-0.4, -0.2) is 23.5 Å². The first-order chi connectivity index (χ1) is 15.4. The van der Waals surface area contributed by atoms with Crippen LogP contribution in [0.1, 0.15) is 34.1 Å². The largest absolute Gasteiger partial charge is 0.322 e. The van der Waals surface area contributed by atoms with E-state index in [1.807, 2.05) is 0 Å². The van der Waals surface area contributed by atoms with E-state index in [1.54, 1.807) is 48.5 Å². The molecule has 7 rings (SSSR count). The van der Waals surface area contributed by atoms with Crippen molar-refractivity contribution in [2.24, 2.45) is 35.5 Å². The third kappa shape index (κ3) is 2.72. The number of nitrogens with zero attached hydrogens (tertiary/aromatic N) is 1. The van der Waals surface area contributed by atoms with Gasteiger partial charge in [-0.2, -0.15) is 0 Å². The molecule has 5 aliphatic rings. The lowest BCUT2D eigenvalue weighted by molar-refractivity contribution is -0.124. The zero-order valence-electron chi connectivity index (χ0n) is 17.5. The predicted octanol–water partition coefficient (Wildman–Crippen LogP) is 3.70. The summed E-state index contributed by atoms with van der Waals surface area (Å²) in [6.45, 7) is 1.47. The summed E-state index contributed by atoms with van der Waals surface area (Å²) in [6.07, 6.45) is 5.45. The van der Waals surface area contributed by atoms with Crippen LogP contribution in [0.25, 0.3) is 0 Å². The van der Waals surface area contributed by atoms with Crippen LogP contribution in [0, 0.1) is 35.5 Å². The minimum Gasteiger partial charge on any atom is -0.322 e. The van der Waals surface area contributed by atoms with Crippen LogP contribution in [0.15, 0.2) is 60.7 Å². The lowest BCUT2D eigenvalue weighted by atomic mass is 9.63. The van der Waals surface area contributed by atoms with Crippen LogP contribution in [0.5, 0.6) is 0 Å². The summed E-state index contributed by atoms with van der Waals surface area (Å²) in [4.78, 5) is 52.0. The molecule has 2 aromatic rings. The fourth-order valence-electron chi connectivity index (χ4n) is 5.99. The van der Waals surface area contributed by atoms with E-state index in [0.717, 1.165) is 6.42 Å². The van der Waals surface area contributed by atoms with Crippen molar-refractivity contribution in [2.45, 2.75) is 13.3 Å². The van der Waals surface area contributed by atoms with Gasteiger partial charge in [0.1, 0.15) is 0 Å². The zero-order valence-corrected chi connectivity index (χ0v) is 17.5. The average molecular weight is 426 g/mol. The van der Waals surface area contributed by atoms with Crippen LogP contribution in [0.3, 0.4) is 0 Å². The second kappa shape index (κ2) is 6.73. The third-order valence-corrected chi connectivity index (χ3v) is 7.58. The Hall–Kier alpha value is -3.54. The van der Waals surface area contributed by atoms with E-state index in [1.165, 1.54) is 11.8 Å². The Morgan fingerprint density at radius 3 is 2.09 bits per heavy atom. The number of nitrogens with one attached hydrogen (secondary N) is 1. The van der Waals surface area contributed by atoms with E-state index in [9.17, 15) is 19.2 Å². The molecular weight excluding hydrogens is 404 g/mol. The van der Waals surface area contributed by atoms with Gasteiger partial charge < -0.3 is 5.32 Å². The van der Waals surface area contributed by atoms with Crippen molar-refractivity contribution >= 4 is 34.9 Å². The smallest absolute Gasteiger partial charge is 0.255 e. The molecule has 0 spiro atoms. The van der Waals surface area contributed by atoms with Crippen molar-refractivity contribution in [1.82, 2.24) is 0 Å². The molecule has 2 saturated carbocycles. The maximum atomic E-state index is 13.2. The number of carbonyl (C=O) groups excluding carboxylic acids is 4. The standard InChI is InChI=1S/C26H22N2O4/c1-13(29)15-3-2-4-16(11-15)27-24(30)14-5-7-17(8-6-14)28-25(31)22-18-9-10-19(21-12-20(18)21)23(22)26(28)32/h2-11,18-23H,12H2,1H3,(H,27,30)/t18-,19-,20-,21+,22+,23+/m0/s1. The summed E-state index contributed by atoms with van der Waals surface area (Å²) in [6, 6.07) is 13.3. The number of amides is 3. The second-order valence-electron chi connectivity index (χ2n) is 9.30. The van der Waals surface area contributed by atoms with Gasteiger partial charge in [0.05, 0.1) is 17.5 Å². The molecule has 160 valence electrons. The van der Waals surface area contributed by atoms with Crippen molar-refractivity contribution in [3.63, 3.8) is 0 Å². The summed E-state index contributed by atoms with van der Waals surface area (Å²) >= 11 is 0. The van der Waals surface area contributed by atoms with Crippen LogP contribution in [-0.2, 0) is 9.59 Å². The van der Waals surface area contributed by atoms with Gasteiger partial charge in [0.2, 0.25) is 11.8 Å². The lowest BCUT2D eigenvalue weighted by Gasteiger charge is -2.37. The van der Waals surface area contributed by atoms with Gasteiger partial charge in [0, 0.05) is 16.8 Å². The van der Waals surface area contributed by atoms with E-state index >= 15 is 0 Å². The highest BCUT2D eigenvalue weighted by molar-refractivity contribution is 6.22. The molecule has 0 unspecified atom stereocenters. The van der Waals surface area contributed by atoms with Gasteiger partial charge in [-0.05, 0) is 73.4 Å². The maximum absolute atomic E-state index is 13.2. The van der Waals surface area contributed by atoms with Crippen LogP contribution in [0.4, 0.5) is 11.4 Å². The van der Waals surface area contributed by atoms with Gasteiger partial charge in [-0.15, -0.1) is 0 Å². The number of Topliss-reactive ketones (excluding diaryl/α,β-unsaturated/α-hetero) is 1. The number of benzene rings is 2. The number of carbonyl (C=O) groups is 4. The van der Waals surface area contributed by atoms with Gasteiger partial charge in [-0.3, -0.25) is 24.1 Å². The van der Waals surface area contributed by atoms with Crippen molar-refractivity contribution < 1.29 is 19.2 Å². The normalized spacial score (nSPS) is 31.3. The van der Waals surface area contributed by atoms with Gasteiger partial charge >= 0.3 is 0 Å². The lowest BCUT2D eigenvalue weighted by Crippen LogP contribution is -2.40. The molecular formula is C26H22N2O4. The number of ketones is 1. The summed E-state index contributed by atoms with van der Waals surface area (Å²) < 4.78 is 0. The molecule has 2 bridgehead atoms. The molecule has 0 radical (unpaired) electrons. The maximum Gasteiger partial charge on any atom is 0.255 e. The van der Waals surface area contributed by atoms with E-state index < -0.39 is 0 Å². The summed E-state index contributed by atoms with van der Waals surface area (Å²) in [5, 5.41) is 2.78. The molecule has 3 fully saturated rings. The monoisotopic (exact) mass is 426 g/mol. The number of hydrogen-bond acceptors (Lipinski definition) is 4. The highest BCUT2D eigenvalue weighted by atomic mass is 16.2. The first kappa shape index (κ1) is 19.2. The van der Waals surface area contributed by atoms with Crippen LogP contribution in [0.2, 0.25) is 0 Å². The molecule has 3 amide bonds. The Morgan fingerprint density at radius 2 is 1.50 bits per heavy atom. The molecule has 4 aliphatic carbocycles. The molecule has 1 aliphatic heterocycles. The van der Waals surface area contributed by atoms with E-state index in [2.05, 4.69) is 17.5 Å². The Morgan fingerprint density at radius 1 is 0.875 bits per heavy atom. The molecule has 1 N–H and O–H groups in total. The number of imide groups is 1. The Balaban J connectivity index is 1.21. The average Bonchev–Trinajstić information content (AvgIpc) is 3.57. The van der Waals surface area contributed by atoms with E-state index in [-0.39, 0.29) is 47.2 Å². The SMILES string of the molecule is CC(=O)c1cccc(NC(=O)c2ccc(N3C(=O)[C@@H]4[C@H]5C=C[C@@H]([C@@H]6C[C@H]56)[C@H]4C3=O)cc2)c1. The molecule has 2 aromatic carbocycles. The van der Waals surface area contributed by atoms with Gasteiger partial charge in [0.15, 0.2) is 5.78 Å². The van der Waals surface area contributed by atoms with Gasteiger partial charge in [0.25, 0.3) is 5.91 Å². The Labute approximate surface area is 185 Å². The highest BCUT2D eigenvalue weighted by Crippen LogP contribution is 2.65. The first-order valence-electron chi connectivity index (χ1n) is 11.0. The van der Waals surface area contributed by atoms with Crippen LogP contribution >= 0.6 is 0 Å². The summed E-state index contributed by atoms with van der Waals surface area (Å²) in [5.74, 6) is 0.409. The number of rotatable bonds is 4. The fourth-order valence-corrected chi connectivity index (χ4v) is 5.99. The van der Waals surface area contributed by atoms with Gasteiger partial charge in [-0.25, -0.2) is 0 Å². The van der Waals surface area contributed by atoms with E-state index in [4.69, 9.17) is 0 Å². The molecule has 6 atom stereocenters. The topological polar surface area (TPSA) is 83.6 Å².